The molecule has 7 heteroatoms. The van der Waals surface area contributed by atoms with Crippen LogP contribution in [-0.2, 0) is 13.0 Å². The van der Waals surface area contributed by atoms with E-state index in [-0.39, 0.29) is 16.9 Å². The van der Waals surface area contributed by atoms with Crippen molar-refractivity contribution in [3.05, 3.63) is 98.1 Å². The Kier molecular flexibility index (Phi) is 4.39. The maximum Gasteiger partial charge on any atom is 0.280 e. The molecule has 0 saturated heterocycles. The van der Waals surface area contributed by atoms with Gasteiger partial charge in [0.1, 0.15) is 5.82 Å². The van der Waals surface area contributed by atoms with Crippen LogP contribution >= 0.6 is 0 Å². The van der Waals surface area contributed by atoms with Crippen LogP contribution in [-0.4, -0.2) is 19.3 Å². The van der Waals surface area contributed by atoms with Crippen LogP contribution in [0.25, 0.3) is 27.5 Å². The normalized spacial score (nSPS) is 11.6. The fourth-order valence-corrected chi connectivity index (χ4v) is 4.19. The smallest absolute Gasteiger partial charge is 0.280 e. The molecule has 5 aromatic rings. The SMILES string of the molecule is Cc1ccc2[nH]cc(CCn3c(C)c4c(=O)n(-c5ccc(F)cc5)[nH]c4cc3=O)c2c1. The van der Waals surface area contributed by atoms with Gasteiger partial charge in [0.15, 0.2) is 0 Å². The van der Waals surface area contributed by atoms with Crippen molar-refractivity contribution in [1.29, 1.82) is 0 Å². The second-order valence-corrected chi connectivity index (χ2v) is 7.85. The van der Waals surface area contributed by atoms with Gasteiger partial charge in [0.2, 0.25) is 0 Å². The molecule has 0 fully saturated rings. The molecule has 6 nitrogen and oxygen atoms in total. The third kappa shape index (κ3) is 3.18. The molecule has 2 aromatic carbocycles. The molecule has 0 atom stereocenters. The number of aryl methyl sites for hydroxylation is 3. The Morgan fingerprint density at radius 1 is 0.968 bits per heavy atom. The summed E-state index contributed by atoms with van der Waals surface area (Å²) in [5.41, 5.74) is 4.52. The lowest BCUT2D eigenvalue weighted by Crippen LogP contribution is -2.24. The summed E-state index contributed by atoms with van der Waals surface area (Å²) in [5.74, 6) is -0.378. The Hall–Kier alpha value is -3.87. The number of aromatic amines is 2. The highest BCUT2D eigenvalue weighted by molar-refractivity contribution is 5.84. The minimum atomic E-state index is -0.378. The van der Waals surface area contributed by atoms with Crippen molar-refractivity contribution in [3.8, 4) is 5.69 Å². The van der Waals surface area contributed by atoms with Crippen LogP contribution in [0.4, 0.5) is 4.39 Å². The maximum atomic E-state index is 13.3. The largest absolute Gasteiger partial charge is 0.361 e. The van der Waals surface area contributed by atoms with Gasteiger partial charge in [-0.05, 0) is 62.2 Å². The van der Waals surface area contributed by atoms with Crippen LogP contribution in [0, 0.1) is 19.7 Å². The Morgan fingerprint density at radius 3 is 2.52 bits per heavy atom. The predicted molar refractivity (Wildman–Crippen MR) is 120 cm³/mol. The van der Waals surface area contributed by atoms with Crippen molar-refractivity contribution in [1.82, 2.24) is 19.3 Å². The first kappa shape index (κ1) is 19.1. The molecule has 5 rings (SSSR count). The van der Waals surface area contributed by atoms with Gasteiger partial charge < -0.3 is 9.55 Å². The fourth-order valence-electron chi connectivity index (χ4n) is 4.19. The van der Waals surface area contributed by atoms with E-state index in [4.69, 9.17) is 0 Å². The minimum absolute atomic E-state index is 0.173. The highest BCUT2D eigenvalue weighted by Gasteiger charge is 2.15. The molecular formula is C24H21FN4O2. The molecule has 0 bridgehead atoms. The number of pyridine rings is 1. The van der Waals surface area contributed by atoms with E-state index < -0.39 is 0 Å². The molecule has 0 aliphatic rings. The Morgan fingerprint density at radius 2 is 1.74 bits per heavy atom. The van der Waals surface area contributed by atoms with Crippen molar-refractivity contribution in [2.45, 2.75) is 26.8 Å². The molecule has 3 aromatic heterocycles. The van der Waals surface area contributed by atoms with E-state index in [0.29, 0.717) is 35.2 Å². The van der Waals surface area contributed by atoms with Crippen molar-refractivity contribution < 1.29 is 4.39 Å². The molecule has 0 aliphatic carbocycles. The van der Waals surface area contributed by atoms with Crippen LogP contribution in [0.3, 0.4) is 0 Å². The molecule has 0 radical (unpaired) electrons. The summed E-state index contributed by atoms with van der Waals surface area (Å²) in [5, 5.41) is 4.57. The summed E-state index contributed by atoms with van der Waals surface area (Å²) >= 11 is 0. The van der Waals surface area contributed by atoms with E-state index in [9.17, 15) is 14.0 Å². The Balaban J connectivity index is 1.55. The number of hydrogen-bond donors (Lipinski definition) is 2. The summed E-state index contributed by atoms with van der Waals surface area (Å²) in [6.07, 6.45) is 2.63. The number of H-pyrrole nitrogens is 2. The average Bonchev–Trinajstić information content (AvgIpc) is 3.29. The molecule has 0 spiro atoms. The third-order valence-electron chi connectivity index (χ3n) is 5.83. The summed E-state index contributed by atoms with van der Waals surface area (Å²) in [4.78, 5) is 29.1. The molecule has 156 valence electrons. The first-order chi connectivity index (χ1) is 14.9. The number of hydrogen-bond acceptors (Lipinski definition) is 2. The quantitative estimate of drug-likeness (QED) is 0.465. The highest BCUT2D eigenvalue weighted by atomic mass is 19.1. The number of benzene rings is 2. The minimum Gasteiger partial charge on any atom is -0.361 e. The Bertz CT molecular complexity index is 1550. The van der Waals surface area contributed by atoms with Gasteiger partial charge in [-0.25, -0.2) is 9.07 Å². The molecular weight excluding hydrogens is 395 g/mol. The zero-order chi connectivity index (χ0) is 21.7. The lowest BCUT2D eigenvalue weighted by Gasteiger charge is -2.10. The Labute approximate surface area is 176 Å². The van der Waals surface area contributed by atoms with Gasteiger partial charge >= 0.3 is 0 Å². The summed E-state index contributed by atoms with van der Waals surface area (Å²) in [6, 6.07) is 13.3. The number of nitrogens with zero attached hydrogens (tertiary/aromatic N) is 2. The fraction of sp³-hybridized carbons (Fsp3) is 0.167. The molecule has 0 unspecified atom stereocenters. The first-order valence-corrected chi connectivity index (χ1v) is 10.1. The maximum absolute atomic E-state index is 13.3. The second-order valence-electron chi connectivity index (χ2n) is 7.85. The number of rotatable bonds is 4. The summed E-state index contributed by atoms with van der Waals surface area (Å²) in [6.45, 7) is 4.30. The molecule has 0 amide bonds. The zero-order valence-electron chi connectivity index (χ0n) is 17.2. The van der Waals surface area contributed by atoms with E-state index >= 15 is 0 Å². The summed E-state index contributed by atoms with van der Waals surface area (Å²) in [7, 11) is 0. The predicted octanol–water partition coefficient (Wildman–Crippen LogP) is 3.96. The summed E-state index contributed by atoms with van der Waals surface area (Å²) < 4.78 is 16.2. The van der Waals surface area contributed by atoms with Gasteiger partial charge in [0, 0.05) is 35.4 Å². The van der Waals surface area contributed by atoms with Gasteiger partial charge in [-0.15, -0.1) is 0 Å². The molecule has 0 aliphatic heterocycles. The van der Waals surface area contributed by atoms with E-state index in [2.05, 4.69) is 35.2 Å². The van der Waals surface area contributed by atoms with E-state index in [1.807, 2.05) is 6.20 Å². The van der Waals surface area contributed by atoms with Crippen molar-refractivity contribution >= 4 is 21.8 Å². The van der Waals surface area contributed by atoms with Crippen LogP contribution in [0.5, 0.6) is 0 Å². The lowest BCUT2D eigenvalue weighted by molar-refractivity contribution is 0.627. The third-order valence-corrected chi connectivity index (χ3v) is 5.83. The van der Waals surface area contributed by atoms with Crippen LogP contribution in [0.2, 0.25) is 0 Å². The topological polar surface area (TPSA) is 75.6 Å². The number of aromatic nitrogens is 4. The van der Waals surface area contributed by atoms with Crippen LogP contribution in [0.15, 0.2) is 64.3 Å². The van der Waals surface area contributed by atoms with Gasteiger partial charge in [-0.3, -0.25) is 14.7 Å². The van der Waals surface area contributed by atoms with Gasteiger partial charge in [0.05, 0.1) is 16.6 Å². The number of nitrogens with one attached hydrogen (secondary N) is 2. The van der Waals surface area contributed by atoms with Crippen molar-refractivity contribution in [3.63, 3.8) is 0 Å². The van der Waals surface area contributed by atoms with E-state index in [1.54, 1.807) is 11.5 Å². The van der Waals surface area contributed by atoms with Gasteiger partial charge in [-0.1, -0.05) is 11.6 Å². The molecule has 2 N–H and O–H groups in total. The first-order valence-electron chi connectivity index (χ1n) is 10.1. The van der Waals surface area contributed by atoms with E-state index in [0.717, 1.165) is 16.5 Å². The molecule has 3 heterocycles. The van der Waals surface area contributed by atoms with Crippen molar-refractivity contribution in [2.24, 2.45) is 0 Å². The van der Waals surface area contributed by atoms with Crippen molar-refractivity contribution in [2.75, 3.05) is 0 Å². The number of halogens is 1. The van der Waals surface area contributed by atoms with Gasteiger partial charge in [0.25, 0.3) is 11.1 Å². The van der Waals surface area contributed by atoms with Crippen LogP contribution < -0.4 is 11.1 Å². The van der Waals surface area contributed by atoms with E-state index in [1.165, 1.54) is 40.6 Å². The average molecular weight is 416 g/mol. The second kappa shape index (κ2) is 7.12. The molecule has 31 heavy (non-hydrogen) atoms. The lowest BCUT2D eigenvalue weighted by atomic mass is 10.1. The standard InChI is InChI=1S/C24H21FN4O2/c1-14-3-8-20-19(11-14)16(13-26-20)9-10-28-15(2)23-21(12-22(28)30)27-29(24(23)31)18-6-4-17(25)5-7-18/h3-8,11-13,26-27H,9-10H2,1-2H3. The monoisotopic (exact) mass is 416 g/mol. The van der Waals surface area contributed by atoms with Gasteiger partial charge in [-0.2, -0.15) is 0 Å². The van der Waals surface area contributed by atoms with Crippen LogP contribution in [0.1, 0.15) is 16.8 Å². The highest BCUT2D eigenvalue weighted by Crippen LogP contribution is 2.21. The number of fused-ring (bicyclic) bond motifs is 2. The zero-order valence-corrected chi connectivity index (χ0v) is 17.2. The molecule has 0 saturated carbocycles.